The number of aromatic amines is 2. The molecule has 0 radical (unpaired) electrons. The molecule has 34 heavy (non-hydrogen) atoms. The van der Waals surface area contributed by atoms with Gasteiger partial charge in [-0.1, -0.05) is 32.1 Å². The zero-order valence-electron chi connectivity index (χ0n) is 18.2. The summed E-state index contributed by atoms with van der Waals surface area (Å²) in [7, 11) is 0. The van der Waals surface area contributed by atoms with E-state index in [0.717, 1.165) is 12.1 Å². The molecule has 0 spiro atoms. The van der Waals surface area contributed by atoms with E-state index >= 15 is 0 Å². The van der Waals surface area contributed by atoms with Crippen molar-refractivity contribution < 1.29 is 22.4 Å². The number of Topliss-reactive ketones (excluding diaryl/α,β-unsaturated/α-hetero) is 1. The molecule has 176 valence electrons. The number of alkyl halides is 3. The van der Waals surface area contributed by atoms with Gasteiger partial charge in [-0.15, -0.1) is 0 Å². The van der Waals surface area contributed by atoms with Gasteiger partial charge in [0.25, 0.3) is 5.56 Å². The summed E-state index contributed by atoms with van der Waals surface area (Å²) >= 11 is 0. The van der Waals surface area contributed by atoms with E-state index in [1.807, 2.05) is 19.9 Å². The number of H-pyrrole nitrogens is 2. The standard InChI is InChI=1S/C24H20F3N3O4/c1-23(2)9-13-17(14(31)10-23)18(19-20(28-13)29-22(33)30-21(19)32)16-7-6-15(34-16)11-4-3-5-12(8-11)24(25,26)27/h3-9,17-18H,10H2,1-2H3,(H3,28,29,30,32,33)/t17-,18-/m1/s1. The van der Waals surface area contributed by atoms with Gasteiger partial charge >= 0.3 is 11.9 Å². The molecule has 0 amide bonds. The zero-order valence-corrected chi connectivity index (χ0v) is 18.2. The molecule has 7 nitrogen and oxygen atoms in total. The summed E-state index contributed by atoms with van der Waals surface area (Å²) in [5, 5.41) is 3.03. The van der Waals surface area contributed by atoms with Crippen molar-refractivity contribution in [3.63, 3.8) is 0 Å². The lowest BCUT2D eigenvalue weighted by Gasteiger charge is -2.39. The third kappa shape index (κ3) is 3.68. The molecule has 0 saturated carbocycles. The molecule has 3 aromatic rings. The van der Waals surface area contributed by atoms with E-state index in [9.17, 15) is 27.6 Å². The molecule has 1 aromatic carbocycles. The van der Waals surface area contributed by atoms with Crippen LogP contribution in [-0.2, 0) is 11.0 Å². The maximum Gasteiger partial charge on any atom is 0.416 e. The highest BCUT2D eigenvalue weighted by molar-refractivity contribution is 5.90. The lowest BCUT2D eigenvalue weighted by atomic mass is 9.68. The second-order valence-electron chi connectivity index (χ2n) is 9.29. The van der Waals surface area contributed by atoms with Gasteiger partial charge in [0.05, 0.1) is 23.0 Å². The minimum absolute atomic E-state index is 0.117. The van der Waals surface area contributed by atoms with Gasteiger partial charge in [0.1, 0.15) is 23.1 Å². The Hall–Kier alpha value is -3.82. The Kier molecular flexibility index (Phi) is 4.75. The summed E-state index contributed by atoms with van der Waals surface area (Å²) in [6, 6.07) is 7.76. The number of aromatic nitrogens is 2. The number of furan rings is 1. The molecular formula is C24H20F3N3O4. The number of rotatable bonds is 2. The van der Waals surface area contributed by atoms with Crippen LogP contribution in [0, 0.1) is 11.3 Å². The van der Waals surface area contributed by atoms with E-state index in [2.05, 4.69) is 15.3 Å². The van der Waals surface area contributed by atoms with Gasteiger partial charge in [-0.2, -0.15) is 13.2 Å². The zero-order chi connectivity index (χ0) is 24.4. The quantitative estimate of drug-likeness (QED) is 0.514. The van der Waals surface area contributed by atoms with Crippen LogP contribution in [0.2, 0.25) is 0 Å². The van der Waals surface area contributed by atoms with E-state index in [1.54, 1.807) is 6.07 Å². The Morgan fingerprint density at radius 2 is 1.79 bits per heavy atom. The van der Waals surface area contributed by atoms with Gasteiger partial charge in [-0.3, -0.25) is 19.6 Å². The number of anilines is 1. The fraction of sp³-hybridized carbons (Fsp3) is 0.292. The highest BCUT2D eigenvalue weighted by atomic mass is 19.4. The molecule has 3 heterocycles. The second-order valence-corrected chi connectivity index (χ2v) is 9.29. The van der Waals surface area contributed by atoms with Gasteiger partial charge in [0.2, 0.25) is 0 Å². The molecule has 2 atom stereocenters. The fourth-order valence-electron chi connectivity index (χ4n) is 4.81. The predicted octanol–water partition coefficient (Wildman–Crippen LogP) is 4.40. The Bertz CT molecular complexity index is 1460. The summed E-state index contributed by atoms with van der Waals surface area (Å²) < 4.78 is 45.4. The van der Waals surface area contributed by atoms with Gasteiger partial charge < -0.3 is 9.73 Å². The average molecular weight is 471 g/mol. The SMILES string of the molecule is CC1(C)C=C2Nc3[nH]c(=O)[nH]c(=O)c3[C@H](c3ccc(-c4cccc(C(F)(F)F)c4)o3)[C@H]2C(=O)C1. The van der Waals surface area contributed by atoms with Crippen LogP contribution in [-0.4, -0.2) is 15.8 Å². The maximum atomic E-state index is 13.2. The average Bonchev–Trinajstić information content (AvgIpc) is 3.20. The van der Waals surface area contributed by atoms with E-state index in [0.29, 0.717) is 5.70 Å². The maximum absolute atomic E-state index is 13.2. The first-order chi connectivity index (χ1) is 15.9. The van der Waals surface area contributed by atoms with Crippen molar-refractivity contribution in [2.75, 3.05) is 5.32 Å². The first-order valence-corrected chi connectivity index (χ1v) is 10.6. The molecule has 0 bridgehead atoms. The number of benzene rings is 1. The van der Waals surface area contributed by atoms with Crippen molar-refractivity contribution >= 4 is 11.6 Å². The van der Waals surface area contributed by atoms with Gasteiger partial charge in [0, 0.05) is 17.7 Å². The molecule has 0 saturated heterocycles. The third-order valence-electron chi connectivity index (χ3n) is 6.16. The smallest absolute Gasteiger partial charge is 0.416 e. The highest BCUT2D eigenvalue weighted by Crippen LogP contribution is 2.48. The van der Waals surface area contributed by atoms with Crippen LogP contribution in [0.1, 0.15) is 43.1 Å². The minimum atomic E-state index is -4.51. The van der Waals surface area contributed by atoms with Crippen LogP contribution in [0.15, 0.2) is 62.2 Å². The third-order valence-corrected chi connectivity index (χ3v) is 6.16. The number of halogens is 3. The number of hydrogen-bond acceptors (Lipinski definition) is 5. The van der Waals surface area contributed by atoms with Gasteiger partial charge in [0.15, 0.2) is 0 Å². The number of carbonyl (C=O) groups excluding carboxylic acids is 1. The van der Waals surface area contributed by atoms with Crippen molar-refractivity contribution in [2.45, 2.75) is 32.4 Å². The lowest BCUT2D eigenvalue weighted by molar-refractivity contribution is -0.137. The van der Waals surface area contributed by atoms with E-state index in [4.69, 9.17) is 4.42 Å². The second kappa shape index (κ2) is 7.34. The number of fused-ring (bicyclic) bond motifs is 2. The molecule has 5 rings (SSSR count). The van der Waals surface area contributed by atoms with Crippen LogP contribution in [0.25, 0.3) is 11.3 Å². The molecule has 2 aliphatic rings. The number of allylic oxidation sites excluding steroid dienone is 2. The Morgan fingerprint density at radius 1 is 1.03 bits per heavy atom. The Labute approximate surface area is 190 Å². The molecule has 1 aliphatic carbocycles. The number of ketones is 1. The van der Waals surface area contributed by atoms with Crippen LogP contribution >= 0.6 is 0 Å². The lowest BCUT2D eigenvalue weighted by Crippen LogP contribution is -2.43. The summed E-state index contributed by atoms with van der Waals surface area (Å²) in [6.45, 7) is 3.80. The minimum Gasteiger partial charge on any atom is -0.460 e. The largest absolute Gasteiger partial charge is 0.460 e. The summed E-state index contributed by atoms with van der Waals surface area (Å²) in [5.74, 6) is -1.20. The molecule has 10 heteroatoms. The van der Waals surface area contributed by atoms with Crippen molar-refractivity contribution in [1.82, 2.24) is 9.97 Å². The van der Waals surface area contributed by atoms with E-state index in [-0.39, 0.29) is 40.7 Å². The molecule has 2 aromatic heterocycles. The van der Waals surface area contributed by atoms with Crippen LogP contribution < -0.4 is 16.6 Å². The van der Waals surface area contributed by atoms with Crippen molar-refractivity contribution in [3.8, 4) is 11.3 Å². The van der Waals surface area contributed by atoms with Crippen molar-refractivity contribution in [1.29, 1.82) is 0 Å². The summed E-state index contributed by atoms with van der Waals surface area (Å²) in [5.41, 5.74) is -1.77. The van der Waals surface area contributed by atoms with Gasteiger partial charge in [-0.05, 0) is 29.7 Å². The van der Waals surface area contributed by atoms with Crippen molar-refractivity contribution in [3.05, 3.63) is 85.9 Å². The van der Waals surface area contributed by atoms with E-state index in [1.165, 1.54) is 18.2 Å². The molecule has 1 aliphatic heterocycles. The van der Waals surface area contributed by atoms with Crippen LogP contribution in [0.3, 0.4) is 0 Å². The highest BCUT2D eigenvalue weighted by Gasteiger charge is 2.46. The number of carbonyl (C=O) groups is 1. The van der Waals surface area contributed by atoms with Crippen LogP contribution in [0.5, 0.6) is 0 Å². The van der Waals surface area contributed by atoms with Crippen molar-refractivity contribution in [2.24, 2.45) is 11.3 Å². The first-order valence-electron chi connectivity index (χ1n) is 10.6. The Morgan fingerprint density at radius 3 is 2.53 bits per heavy atom. The monoisotopic (exact) mass is 471 g/mol. The summed E-state index contributed by atoms with van der Waals surface area (Å²) in [4.78, 5) is 42.7. The molecule has 0 fully saturated rings. The predicted molar refractivity (Wildman–Crippen MR) is 117 cm³/mol. The molecule has 3 N–H and O–H groups in total. The summed E-state index contributed by atoms with van der Waals surface area (Å²) in [6.07, 6.45) is -2.39. The topological polar surface area (TPSA) is 108 Å². The van der Waals surface area contributed by atoms with E-state index < -0.39 is 40.2 Å². The Balaban J connectivity index is 1.67. The number of nitrogens with one attached hydrogen (secondary N) is 3. The fourth-order valence-corrected chi connectivity index (χ4v) is 4.81. The first kappa shape index (κ1) is 22.0. The van der Waals surface area contributed by atoms with Crippen LogP contribution in [0.4, 0.5) is 19.0 Å². The molecular weight excluding hydrogens is 451 g/mol. The molecule has 0 unspecified atom stereocenters. The number of hydrogen-bond donors (Lipinski definition) is 3. The normalized spacial score (nSPS) is 21.3. The van der Waals surface area contributed by atoms with Gasteiger partial charge in [-0.25, -0.2) is 4.79 Å².